The maximum absolute atomic E-state index is 11.9. The van der Waals surface area contributed by atoms with E-state index in [0.29, 0.717) is 17.9 Å². The van der Waals surface area contributed by atoms with Gasteiger partial charge in [0.15, 0.2) is 0 Å². The number of methoxy groups -OCH3 is 1. The molecule has 0 atom stereocenters. The van der Waals surface area contributed by atoms with Gasteiger partial charge >= 0.3 is 0 Å². The number of aromatic nitrogens is 2. The third kappa shape index (κ3) is 4.05. The van der Waals surface area contributed by atoms with E-state index in [2.05, 4.69) is 15.3 Å². The molecule has 0 fully saturated rings. The summed E-state index contributed by atoms with van der Waals surface area (Å²) in [7, 11) is 1.56. The summed E-state index contributed by atoms with van der Waals surface area (Å²) >= 11 is 0. The first kappa shape index (κ1) is 14.0. The van der Waals surface area contributed by atoms with Gasteiger partial charge in [-0.15, -0.1) is 0 Å². The number of aryl methyl sites for hydroxylation is 1. The van der Waals surface area contributed by atoms with Gasteiger partial charge in [-0.25, -0.2) is 0 Å². The molecule has 0 unspecified atom stereocenters. The lowest BCUT2D eigenvalue weighted by atomic mass is 10.1. The SMILES string of the molecule is COc1ccncc1NC(=O)CCCc1ccccn1. The molecule has 1 N–H and O–H groups in total. The second-order valence-corrected chi connectivity index (χ2v) is 4.30. The van der Waals surface area contributed by atoms with Crippen LogP contribution in [0.3, 0.4) is 0 Å². The molecule has 0 radical (unpaired) electrons. The van der Waals surface area contributed by atoms with Gasteiger partial charge < -0.3 is 10.1 Å². The quantitative estimate of drug-likeness (QED) is 0.876. The molecule has 1 amide bonds. The third-order valence-corrected chi connectivity index (χ3v) is 2.84. The zero-order chi connectivity index (χ0) is 14.2. The van der Waals surface area contributed by atoms with E-state index < -0.39 is 0 Å². The molecule has 2 rings (SSSR count). The Labute approximate surface area is 118 Å². The van der Waals surface area contributed by atoms with E-state index in [9.17, 15) is 4.79 Å². The molecule has 0 bridgehead atoms. The number of pyridine rings is 2. The molecule has 0 saturated heterocycles. The minimum atomic E-state index is -0.0489. The van der Waals surface area contributed by atoms with Crippen LogP contribution in [0.2, 0.25) is 0 Å². The summed E-state index contributed by atoms with van der Waals surface area (Å²) < 4.78 is 5.16. The van der Waals surface area contributed by atoms with Crippen molar-refractivity contribution in [2.24, 2.45) is 0 Å². The summed E-state index contributed by atoms with van der Waals surface area (Å²) in [5, 5.41) is 2.80. The zero-order valence-corrected chi connectivity index (χ0v) is 11.4. The van der Waals surface area contributed by atoms with Gasteiger partial charge in [0.1, 0.15) is 11.4 Å². The predicted octanol–water partition coefficient (Wildman–Crippen LogP) is 2.45. The van der Waals surface area contributed by atoms with Crippen molar-refractivity contribution in [3.63, 3.8) is 0 Å². The number of carbonyl (C=O) groups is 1. The number of amides is 1. The fraction of sp³-hybridized carbons (Fsp3) is 0.267. The maximum atomic E-state index is 11.9. The van der Waals surface area contributed by atoms with Crippen LogP contribution >= 0.6 is 0 Å². The van der Waals surface area contributed by atoms with Gasteiger partial charge in [-0.1, -0.05) is 6.07 Å². The number of anilines is 1. The van der Waals surface area contributed by atoms with Gasteiger partial charge in [0, 0.05) is 30.6 Å². The van der Waals surface area contributed by atoms with E-state index >= 15 is 0 Å². The topological polar surface area (TPSA) is 64.1 Å². The largest absolute Gasteiger partial charge is 0.494 e. The molecular weight excluding hydrogens is 254 g/mol. The van der Waals surface area contributed by atoms with Crippen LogP contribution in [0.4, 0.5) is 5.69 Å². The van der Waals surface area contributed by atoms with Crippen molar-refractivity contribution in [2.75, 3.05) is 12.4 Å². The molecule has 2 aromatic heterocycles. The summed E-state index contributed by atoms with van der Waals surface area (Å²) in [5.74, 6) is 0.560. The number of nitrogens with zero attached hydrogens (tertiary/aromatic N) is 2. The van der Waals surface area contributed by atoms with Crippen molar-refractivity contribution < 1.29 is 9.53 Å². The Morgan fingerprint density at radius 1 is 1.30 bits per heavy atom. The molecule has 5 heteroatoms. The third-order valence-electron chi connectivity index (χ3n) is 2.84. The van der Waals surface area contributed by atoms with Crippen LogP contribution < -0.4 is 10.1 Å². The standard InChI is InChI=1S/C15H17N3O2/c1-20-14-8-10-16-11-13(14)18-15(19)7-4-6-12-5-2-3-9-17-12/h2-3,5,8-11H,4,6-7H2,1H3,(H,18,19). The van der Waals surface area contributed by atoms with E-state index in [1.165, 1.54) is 0 Å². The molecular formula is C15H17N3O2. The number of hydrogen-bond donors (Lipinski definition) is 1. The molecule has 104 valence electrons. The molecule has 20 heavy (non-hydrogen) atoms. The van der Waals surface area contributed by atoms with Crippen molar-refractivity contribution in [3.8, 4) is 5.75 Å². The highest BCUT2D eigenvalue weighted by Crippen LogP contribution is 2.21. The van der Waals surface area contributed by atoms with E-state index in [0.717, 1.165) is 18.5 Å². The molecule has 2 heterocycles. The average molecular weight is 271 g/mol. The Bertz CT molecular complexity index is 558. The van der Waals surface area contributed by atoms with E-state index in [1.807, 2.05) is 18.2 Å². The van der Waals surface area contributed by atoms with E-state index in [-0.39, 0.29) is 5.91 Å². The predicted molar refractivity (Wildman–Crippen MR) is 76.6 cm³/mol. The molecule has 2 aromatic rings. The monoisotopic (exact) mass is 271 g/mol. The lowest BCUT2D eigenvalue weighted by molar-refractivity contribution is -0.116. The van der Waals surface area contributed by atoms with Gasteiger partial charge in [-0.2, -0.15) is 0 Å². The van der Waals surface area contributed by atoms with Gasteiger partial charge in [0.25, 0.3) is 0 Å². The van der Waals surface area contributed by atoms with Crippen molar-refractivity contribution >= 4 is 11.6 Å². The Morgan fingerprint density at radius 2 is 2.20 bits per heavy atom. The highest BCUT2D eigenvalue weighted by Gasteiger charge is 2.07. The summed E-state index contributed by atoms with van der Waals surface area (Å²) in [6, 6.07) is 7.50. The van der Waals surface area contributed by atoms with Crippen LogP contribution in [0.15, 0.2) is 42.9 Å². The van der Waals surface area contributed by atoms with E-state index in [4.69, 9.17) is 4.74 Å². The lowest BCUT2D eigenvalue weighted by Gasteiger charge is -2.09. The Balaban J connectivity index is 1.81. The maximum Gasteiger partial charge on any atom is 0.224 e. The average Bonchev–Trinajstić information content (AvgIpc) is 2.49. The molecule has 0 aromatic carbocycles. The minimum absolute atomic E-state index is 0.0489. The summed E-state index contributed by atoms with van der Waals surface area (Å²) in [5.41, 5.74) is 1.59. The molecule has 0 spiro atoms. The number of carbonyl (C=O) groups excluding carboxylic acids is 1. The van der Waals surface area contributed by atoms with Crippen molar-refractivity contribution in [1.82, 2.24) is 9.97 Å². The minimum Gasteiger partial charge on any atom is -0.494 e. The van der Waals surface area contributed by atoms with Crippen molar-refractivity contribution in [3.05, 3.63) is 48.5 Å². The highest BCUT2D eigenvalue weighted by molar-refractivity contribution is 5.91. The second-order valence-electron chi connectivity index (χ2n) is 4.30. The van der Waals surface area contributed by atoms with Crippen LogP contribution in [-0.4, -0.2) is 23.0 Å². The van der Waals surface area contributed by atoms with E-state index in [1.54, 1.807) is 31.8 Å². The first-order valence-electron chi connectivity index (χ1n) is 6.47. The van der Waals surface area contributed by atoms with Crippen LogP contribution in [0.25, 0.3) is 0 Å². The lowest BCUT2D eigenvalue weighted by Crippen LogP contribution is -2.12. The molecule has 5 nitrogen and oxygen atoms in total. The molecule has 0 aliphatic rings. The zero-order valence-electron chi connectivity index (χ0n) is 11.4. The second kappa shape index (κ2) is 7.23. The first-order valence-corrected chi connectivity index (χ1v) is 6.47. The fourth-order valence-corrected chi connectivity index (χ4v) is 1.84. The van der Waals surface area contributed by atoms with Crippen LogP contribution in [-0.2, 0) is 11.2 Å². The van der Waals surface area contributed by atoms with Crippen molar-refractivity contribution in [2.45, 2.75) is 19.3 Å². The van der Waals surface area contributed by atoms with Crippen molar-refractivity contribution in [1.29, 1.82) is 0 Å². The van der Waals surface area contributed by atoms with Gasteiger partial charge in [0.05, 0.1) is 13.3 Å². The molecule has 0 aliphatic heterocycles. The summed E-state index contributed by atoms with van der Waals surface area (Å²) in [4.78, 5) is 20.1. The molecule has 0 saturated carbocycles. The van der Waals surface area contributed by atoms with Gasteiger partial charge in [-0.05, 0) is 25.0 Å². The number of hydrogen-bond acceptors (Lipinski definition) is 4. The Morgan fingerprint density at radius 3 is 2.95 bits per heavy atom. The highest BCUT2D eigenvalue weighted by atomic mass is 16.5. The van der Waals surface area contributed by atoms with Gasteiger partial charge in [0.2, 0.25) is 5.91 Å². The molecule has 0 aliphatic carbocycles. The summed E-state index contributed by atoms with van der Waals surface area (Å²) in [6.45, 7) is 0. The Kier molecular flexibility index (Phi) is 5.06. The number of rotatable bonds is 6. The van der Waals surface area contributed by atoms with Crippen LogP contribution in [0, 0.1) is 0 Å². The fourth-order valence-electron chi connectivity index (χ4n) is 1.84. The Hall–Kier alpha value is -2.43. The van der Waals surface area contributed by atoms with Gasteiger partial charge in [-0.3, -0.25) is 14.8 Å². The van der Waals surface area contributed by atoms with Crippen LogP contribution in [0.1, 0.15) is 18.5 Å². The smallest absolute Gasteiger partial charge is 0.224 e. The number of nitrogens with one attached hydrogen (secondary N) is 1. The normalized spacial score (nSPS) is 10.1. The summed E-state index contributed by atoms with van der Waals surface area (Å²) in [6.07, 6.45) is 6.94. The van der Waals surface area contributed by atoms with Crippen LogP contribution in [0.5, 0.6) is 5.75 Å². The first-order chi connectivity index (χ1) is 9.79. The number of ether oxygens (including phenoxy) is 1.